The van der Waals surface area contributed by atoms with Crippen molar-refractivity contribution in [2.75, 3.05) is 19.5 Å². The van der Waals surface area contributed by atoms with E-state index in [0.717, 1.165) is 11.1 Å². The minimum atomic E-state index is -0.661. The minimum Gasteiger partial charge on any atom is -0.497 e. The molecule has 2 aliphatic heterocycles. The topological polar surface area (TPSA) is 92.6 Å². The Morgan fingerprint density at radius 3 is 2.36 bits per heavy atom. The molecule has 9 heteroatoms. The van der Waals surface area contributed by atoms with Gasteiger partial charge in [0.15, 0.2) is 11.2 Å². The zero-order chi connectivity index (χ0) is 25.2. The summed E-state index contributed by atoms with van der Waals surface area (Å²) in [6, 6.07) is 21.5. The summed E-state index contributed by atoms with van der Waals surface area (Å²) in [6.07, 6.45) is 0. The van der Waals surface area contributed by atoms with E-state index in [1.165, 1.54) is 16.7 Å². The quantitative estimate of drug-likeness (QED) is 0.525. The van der Waals surface area contributed by atoms with Crippen molar-refractivity contribution in [1.29, 1.82) is 0 Å². The lowest BCUT2D eigenvalue weighted by Crippen LogP contribution is -2.41. The van der Waals surface area contributed by atoms with Crippen molar-refractivity contribution >= 4 is 46.0 Å². The van der Waals surface area contributed by atoms with Gasteiger partial charge in [-0.25, -0.2) is 14.9 Å². The molecule has 2 aliphatic rings. The third-order valence-electron chi connectivity index (χ3n) is 5.86. The Bertz CT molecular complexity index is 1370. The van der Waals surface area contributed by atoms with Gasteiger partial charge < -0.3 is 14.8 Å². The number of hydrogen-bond donors (Lipinski definition) is 1. The van der Waals surface area contributed by atoms with Gasteiger partial charge in [-0.2, -0.15) is 0 Å². The minimum absolute atomic E-state index is 0.193. The standard InChI is InChI=1S/C27H24N4O4S/c1-16(25(32)28-18-13-19(34-2)15-20(14-18)35-3)36-27-29-22-12-8-7-11-21(22)24-30-23(26(33)31(24)27)17-9-5-4-6-10-17/h4-16,23H,1-3H3,(H,28,32)/t16-,23+/m0/s1. The van der Waals surface area contributed by atoms with Gasteiger partial charge in [0.2, 0.25) is 5.91 Å². The third kappa shape index (κ3) is 4.45. The Balaban J connectivity index is 1.41. The first-order valence-corrected chi connectivity index (χ1v) is 12.2. The lowest BCUT2D eigenvalue weighted by atomic mass is 10.1. The van der Waals surface area contributed by atoms with Gasteiger partial charge >= 0.3 is 0 Å². The average Bonchev–Trinajstić information content (AvgIpc) is 3.26. The Labute approximate surface area is 213 Å². The van der Waals surface area contributed by atoms with E-state index in [-0.39, 0.29) is 11.8 Å². The Kier molecular flexibility index (Phi) is 6.47. The predicted octanol–water partition coefficient (Wildman–Crippen LogP) is 4.80. The molecule has 0 spiro atoms. The number of fused-ring (bicyclic) bond motifs is 3. The van der Waals surface area contributed by atoms with E-state index in [0.29, 0.717) is 33.9 Å². The van der Waals surface area contributed by atoms with Crippen molar-refractivity contribution in [3.05, 3.63) is 83.9 Å². The van der Waals surface area contributed by atoms with E-state index in [9.17, 15) is 9.59 Å². The molecule has 0 saturated carbocycles. The molecule has 3 aromatic rings. The molecule has 36 heavy (non-hydrogen) atoms. The zero-order valence-corrected chi connectivity index (χ0v) is 20.8. The second-order valence-corrected chi connectivity index (χ2v) is 9.51. The Morgan fingerprint density at radius 1 is 1.00 bits per heavy atom. The molecule has 2 amide bonds. The molecule has 8 nitrogen and oxygen atoms in total. The van der Waals surface area contributed by atoms with Crippen molar-refractivity contribution in [3.63, 3.8) is 0 Å². The molecule has 0 saturated heterocycles. The fourth-order valence-electron chi connectivity index (χ4n) is 4.02. The van der Waals surface area contributed by atoms with E-state index in [1.807, 2.05) is 54.6 Å². The molecular weight excluding hydrogens is 476 g/mol. The number of carbonyl (C=O) groups is 2. The molecule has 0 unspecified atom stereocenters. The molecule has 0 aliphatic carbocycles. The van der Waals surface area contributed by atoms with Crippen LogP contribution in [0.5, 0.6) is 11.5 Å². The van der Waals surface area contributed by atoms with Gasteiger partial charge in [0.05, 0.1) is 25.2 Å². The number of ether oxygens (including phenoxy) is 2. The number of rotatable bonds is 6. The summed E-state index contributed by atoms with van der Waals surface area (Å²) in [5.41, 5.74) is 2.85. The van der Waals surface area contributed by atoms with E-state index in [2.05, 4.69) is 5.32 Å². The summed E-state index contributed by atoms with van der Waals surface area (Å²) in [5, 5.41) is 2.76. The summed E-state index contributed by atoms with van der Waals surface area (Å²) in [5.74, 6) is 1.23. The number of hydrogen-bond acceptors (Lipinski definition) is 7. The number of nitrogens with one attached hydrogen (secondary N) is 1. The monoisotopic (exact) mass is 500 g/mol. The van der Waals surface area contributed by atoms with Gasteiger partial charge in [-0.15, -0.1) is 0 Å². The van der Waals surface area contributed by atoms with Crippen LogP contribution in [0.25, 0.3) is 0 Å². The normalized spacial score (nSPS) is 16.9. The molecule has 0 bridgehead atoms. The number of nitrogens with zero attached hydrogens (tertiary/aromatic N) is 3. The van der Waals surface area contributed by atoms with Gasteiger partial charge in [-0.3, -0.25) is 9.59 Å². The maximum Gasteiger partial charge on any atom is 0.263 e. The fourth-order valence-corrected chi connectivity index (χ4v) is 4.93. The van der Waals surface area contributed by atoms with Crippen LogP contribution < -0.4 is 14.8 Å². The number of thioether (sulfide) groups is 1. The highest BCUT2D eigenvalue weighted by molar-refractivity contribution is 8.15. The van der Waals surface area contributed by atoms with Crippen LogP contribution in [0.4, 0.5) is 11.4 Å². The zero-order valence-electron chi connectivity index (χ0n) is 20.0. The number of carbonyl (C=O) groups excluding carboxylic acids is 2. The third-order valence-corrected chi connectivity index (χ3v) is 6.91. The van der Waals surface area contributed by atoms with Crippen LogP contribution in [-0.4, -0.2) is 47.2 Å². The van der Waals surface area contributed by atoms with E-state index >= 15 is 0 Å². The Hall–Kier alpha value is -4.11. The lowest BCUT2D eigenvalue weighted by molar-refractivity contribution is -0.124. The van der Waals surface area contributed by atoms with E-state index in [1.54, 1.807) is 39.3 Å². The average molecular weight is 501 g/mol. The summed E-state index contributed by atoms with van der Waals surface area (Å²) in [4.78, 5) is 37.7. The first-order chi connectivity index (χ1) is 17.5. The van der Waals surface area contributed by atoms with Gasteiger partial charge in [-0.05, 0) is 24.6 Å². The number of para-hydroxylation sites is 1. The first-order valence-electron chi connectivity index (χ1n) is 11.3. The molecule has 3 aromatic carbocycles. The number of amidine groups is 2. The number of aliphatic imine (C=N–C) groups is 2. The van der Waals surface area contributed by atoms with Crippen LogP contribution in [0.2, 0.25) is 0 Å². The van der Waals surface area contributed by atoms with E-state index < -0.39 is 11.3 Å². The van der Waals surface area contributed by atoms with Crippen LogP contribution in [-0.2, 0) is 9.59 Å². The SMILES string of the molecule is COc1cc(NC(=O)[C@H](C)SC2=Nc3ccccc3C3=N[C@H](c4ccccc4)C(=O)N23)cc(OC)c1. The van der Waals surface area contributed by atoms with Crippen molar-refractivity contribution in [2.24, 2.45) is 9.98 Å². The second kappa shape index (κ2) is 9.87. The highest BCUT2D eigenvalue weighted by Crippen LogP contribution is 2.38. The maximum atomic E-state index is 13.5. The Morgan fingerprint density at radius 2 is 1.67 bits per heavy atom. The molecule has 0 fully saturated rings. The van der Waals surface area contributed by atoms with Gasteiger partial charge in [0, 0.05) is 29.4 Å². The first kappa shape index (κ1) is 23.6. The lowest BCUT2D eigenvalue weighted by Gasteiger charge is -2.27. The number of anilines is 1. The summed E-state index contributed by atoms with van der Waals surface area (Å²) >= 11 is 1.21. The largest absolute Gasteiger partial charge is 0.497 e. The predicted molar refractivity (Wildman–Crippen MR) is 141 cm³/mol. The summed E-state index contributed by atoms with van der Waals surface area (Å²) < 4.78 is 10.6. The van der Waals surface area contributed by atoms with Crippen molar-refractivity contribution < 1.29 is 19.1 Å². The molecule has 1 N–H and O–H groups in total. The fraction of sp³-hybridized carbons (Fsp3) is 0.185. The van der Waals surface area contributed by atoms with Crippen LogP contribution in [0.1, 0.15) is 24.1 Å². The van der Waals surface area contributed by atoms with Crippen molar-refractivity contribution in [3.8, 4) is 11.5 Å². The van der Waals surface area contributed by atoms with Crippen LogP contribution in [0, 0.1) is 0 Å². The highest BCUT2D eigenvalue weighted by Gasteiger charge is 2.42. The van der Waals surface area contributed by atoms with Gasteiger partial charge in [-0.1, -0.05) is 54.2 Å². The molecule has 0 radical (unpaired) electrons. The smallest absolute Gasteiger partial charge is 0.263 e. The summed E-state index contributed by atoms with van der Waals surface area (Å²) in [7, 11) is 3.10. The number of amides is 2. The molecule has 5 rings (SSSR count). The number of methoxy groups -OCH3 is 2. The maximum absolute atomic E-state index is 13.5. The van der Waals surface area contributed by atoms with Crippen LogP contribution in [0.15, 0.2) is 82.8 Å². The number of benzene rings is 3. The van der Waals surface area contributed by atoms with Gasteiger partial charge in [0.1, 0.15) is 17.3 Å². The van der Waals surface area contributed by atoms with Crippen LogP contribution in [0.3, 0.4) is 0 Å². The molecule has 0 aromatic heterocycles. The molecular formula is C27H24N4O4S. The van der Waals surface area contributed by atoms with Crippen molar-refractivity contribution in [1.82, 2.24) is 4.90 Å². The van der Waals surface area contributed by atoms with E-state index in [4.69, 9.17) is 19.5 Å². The van der Waals surface area contributed by atoms with Crippen molar-refractivity contribution in [2.45, 2.75) is 18.2 Å². The molecule has 2 atom stereocenters. The highest BCUT2D eigenvalue weighted by atomic mass is 32.2. The molecule has 2 heterocycles. The second-order valence-electron chi connectivity index (χ2n) is 8.20. The summed E-state index contributed by atoms with van der Waals surface area (Å²) in [6.45, 7) is 1.77. The van der Waals surface area contributed by atoms with Gasteiger partial charge in [0.25, 0.3) is 5.91 Å². The molecule has 182 valence electrons. The van der Waals surface area contributed by atoms with Crippen LogP contribution >= 0.6 is 11.8 Å².